The second-order valence-corrected chi connectivity index (χ2v) is 1.68. The van der Waals surface area contributed by atoms with Gasteiger partial charge in [0, 0.05) is 0 Å². The van der Waals surface area contributed by atoms with Crippen LogP contribution >= 0.6 is 0 Å². The van der Waals surface area contributed by atoms with Gasteiger partial charge in [0.1, 0.15) is 17.5 Å². The SMILES string of the molecule is N#Cc1cccc(C=O)n1. The molecular formula is C7H4N2O. The van der Waals surface area contributed by atoms with Gasteiger partial charge < -0.3 is 0 Å². The Bertz CT molecular complexity index is 288. The first-order chi connectivity index (χ1) is 4.86. The van der Waals surface area contributed by atoms with Crippen molar-refractivity contribution in [3.8, 4) is 6.07 Å². The van der Waals surface area contributed by atoms with E-state index >= 15 is 0 Å². The molecule has 0 atom stereocenters. The van der Waals surface area contributed by atoms with Crippen LogP contribution in [0, 0.1) is 11.3 Å². The molecule has 10 heavy (non-hydrogen) atoms. The molecule has 0 unspecified atom stereocenters. The van der Waals surface area contributed by atoms with E-state index in [1.807, 2.05) is 6.07 Å². The van der Waals surface area contributed by atoms with Crippen LogP contribution in [0.1, 0.15) is 16.2 Å². The first kappa shape index (κ1) is 6.43. The van der Waals surface area contributed by atoms with Gasteiger partial charge in [-0.3, -0.25) is 4.79 Å². The molecule has 48 valence electrons. The molecule has 0 amide bonds. The minimum Gasteiger partial charge on any atom is -0.296 e. The molecular weight excluding hydrogens is 128 g/mol. The van der Waals surface area contributed by atoms with Gasteiger partial charge in [0.15, 0.2) is 6.29 Å². The Labute approximate surface area is 57.9 Å². The molecule has 0 aromatic carbocycles. The normalized spacial score (nSPS) is 8.30. The number of hydrogen-bond acceptors (Lipinski definition) is 3. The zero-order valence-electron chi connectivity index (χ0n) is 5.11. The second-order valence-electron chi connectivity index (χ2n) is 1.68. The van der Waals surface area contributed by atoms with Gasteiger partial charge in [0.2, 0.25) is 0 Å². The molecule has 3 nitrogen and oxygen atoms in total. The molecule has 1 aromatic rings. The quantitative estimate of drug-likeness (QED) is 0.530. The van der Waals surface area contributed by atoms with Crippen molar-refractivity contribution in [1.29, 1.82) is 5.26 Å². The van der Waals surface area contributed by atoms with Gasteiger partial charge in [-0.2, -0.15) is 5.26 Å². The molecule has 1 aromatic heterocycles. The van der Waals surface area contributed by atoms with E-state index < -0.39 is 0 Å². The van der Waals surface area contributed by atoms with Crippen LogP contribution in [-0.4, -0.2) is 11.3 Å². The molecule has 0 spiro atoms. The van der Waals surface area contributed by atoms with Gasteiger partial charge in [-0.25, -0.2) is 4.98 Å². The van der Waals surface area contributed by atoms with Crippen molar-refractivity contribution < 1.29 is 4.79 Å². The van der Waals surface area contributed by atoms with Crippen LogP contribution in [0.5, 0.6) is 0 Å². The smallest absolute Gasteiger partial charge is 0.168 e. The molecule has 1 heterocycles. The minimum atomic E-state index is 0.268. The van der Waals surface area contributed by atoms with Crippen LogP contribution < -0.4 is 0 Å². The molecule has 0 N–H and O–H groups in total. The lowest BCUT2D eigenvalue weighted by Gasteiger charge is -1.87. The first-order valence-corrected chi connectivity index (χ1v) is 2.69. The largest absolute Gasteiger partial charge is 0.296 e. The average molecular weight is 132 g/mol. The minimum absolute atomic E-state index is 0.268. The Morgan fingerprint density at radius 1 is 1.60 bits per heavy atom. The number of aromatic nitrogens is 1. The fourth-order valence-corrected chi connectivity index (χ4v) is 0.579. The van der Waals surface area contributed by atoms with Crippen molar-refractivity contribution >= 4 is 6.29 Å². The molecule has 0 saturated carbocycles. The topological polar surface area (TPSA) is 53.8 Å². The monoisotopic (exact) mass is 132 g/mol. The Morgan fingerprint density at radius 3 is 3.00 bits per heavy atom. The van der Waals surface area contributed by atoms with Crippen LogP contribution in [-0.2, 0) is 0 Å². The molecule has 0 aliphatic rings. The zero-order chi connectivity index (χ0) is 7.40. The number of nitriles is 1. The van der Waals surface area contributed by atoms with Gasteiger partial charge in [0.05, 0.1) is 0 Å². The van der Waals surface area contributed by atoms with Crippen molar-refractivity contribution in [2.75, 3.05) is 0 Å². The molecule has 0 aliphatic carbocycles. The highest BCUT2D eigenvalue weighted by atomic mass is 16.1. The highest BCUT2D eigenvalue weighted by Crippen LogP contribution is 1.93. The summed E-state index contributed by atoms with van der Waals surface area (Å²) >= 11 is 0. The summed E-state index contributed by atoms with van der Waals surface area (Å²) in [6.45, 7) is 0. The van der Waals surface area contributed by atoms with Crippen molar-refractivity contribution in [2.24, 2.45) is 0 Å². The summed E-state index contributed by atoms with van der Waals surface area (Å²) in [6, 6.07) is 6.55. The van der Waals surface area contributed by atoms with E-state index in [0.29, 0.717) is 12.0 Å². The predicted molar refractivity (Wildman–Crippen MR) is 34.3 cm³/mol. The third-order valence-corrected chi connectivity index (χ3v) is 1.01. The van der Waals surface area contributed by atoms with Gasteiger partial charge in [-0.15, -0.1) is 0 Å². The fourth-order valence-electron chi connectivity index (χ4n) is 0.579. The van der Waals surface area contributed by atoms with Gasteiger partial charge in [-0.1, -0.05) is 6.07 Å². The maximum atomic E-state index is 10.1. The van der Waals surface area contributed by atoms with Crippen molar-refractivity contribution in [3.63, 3.8) is 0 Å². The molecule has 3 heteroatoms. The molecule has 0 saturated heterocycles. The zero-order valence-corrected chi connectivity index (χ0v) is 5.11. The summed E-state index contributed by atoms with van der Waals surface area (Å²) in [6.07, 6.45) is 0.612. The summed E-state index contributed by atoms with van der Waals surface area (Å²) in [5.74, 6) is 0. The summed E-state index contributed by atoms with van der Waals surface area (Å²) in [7, 11) is 0. The summed E-state index contributed by atoms with van der Waals surface area (Å²) in [5.41, 5.74) is 0.559. The number of hydrogen-bond donors (Lipinski definition) is 0. The van der Waals surface area contributed by atoms with Crippen molar-refractivity contribution in [2.45, 2.75) is 0 Å². The number of carbonyl (C=O) groups excluding carboxylic acids is 1. The maximum absolute atomic E-state index is 10.1. The second kappa shape index (κ2) is 2.74. The highest BCUT2D eigenvalue weighted by molar-refractivity contribution is 5.71. The maximum Gasteiger partial charge on any atom is 0.168 e. The Hall–Kier alpha value is -1.69. The number of rotatable bonds is 1. The van der Waals surface area contributed by atoms with E-state index in [9.17, 15) is 4.79 Å². The Kier molecular flexibility index (Phi) is 1.76. The standard InChI is InChI=1S/C7H4N2O/c8-4-6-2-1-3-7(5-10)9-6/h1-3,5H. The average Bonchev–Trinajstić information content (AvgIpc) is 2.05. The molecule has 0 aliphatic heterocycles. The number of carbonyl (C=O) groups is 1. The van der Waals surface area contributed by atoms with E-state index in [2.05, 4.69) is 4.98 Å². The third kappa shape index (κ3) is 1.17. The highest BCUT2D eigenvalue weighted by Gasteiger charge is 1.91. The number of aldehydes is 1. The molecule has 0 radical (unpaired) electrons. The van der Waals surface area contributed by atoms with Crippen LogP contribution in [0.15, 0.2) is 18.2 Å². The fraction of sp³-hybridized carbons (Fsp3) is 0. The Morgan fingerprint density at radius 2 is 2.40 bits per heavy atom. The Balaban J connectivity index is 3.13. The van der Waals surface area contributed by atoms with E-state index in [1.165, 1.54) is 0 Å². The summed E-state index contributed by atoms with van der Waals surface area (Å²) in [4.78, 5) is 13.8. The molecule has 0 bridgehead atoms. The first-order valence-electron chi connectivity index (χ1n) is 2.69. The van der Waals surface area contributed by atoms with E-state index in [1.54, 1.807) is 18.2 Å². The lowest BCUT2D eigenvalue weighted by molar-refractivity contribution is 0.111. The third-order valence-electron chi connectivity index (χ3n) is 1.01. The van der Waals surface area contributed by atoms with Crippen LogP contribution in [0.4, 0.5) is 0 Å². The number of nitrogens with zero attached hydrogens (tertiary/aromatic N) is 2. The lowest BCUT2D eigenvalue weighted by Crippen LogP contribution is -1.88. The summed E-state index contributed by atoms with van der Waals surface area (Å²) < 4.78 is 0. The van der Waals surface area contributed by atoms with Crippen molar-refractivity contribution in [1.82, 2.24) is 4.98 Å². The van der Waals surface area contributed by atoms with Gasteiger partial charge in [0.25, 0.3) is 0 Å². The van der Waals surface area contributed by atoms with E-state index in [-0.39, 0.29) is 5.69 Å². The number of pyridine rings is 1. The van der Waals surface area contributed by atoms with Crippen LogP contribution in [0.2, 0.25) is 0 Å². The van der Waals surface area contributed by atoms with E-state index in [4.69, 9.17) is 5.26 Å². The summed E-state index contributed by atoms with van der Waals surface area (Å²) in [5, 5.41) is 8.33. The predicted octanol–water partition coefficient (Wildman–Crippen LogP) is 0.766. The van der Waals surface area contributed by atoms with Crippen LogP contribution in [0.3, 0.4) is 0 Å². The van der Waals surface area contributed by atoms with Crippen molar-refractivity contribution in [3.05, 3.63) is 29.6 Å². The van der Waals surface area contributed by atoms with Crippen LogP contribution in [0.25, 0.3) is 0 Å². The lowest BCUT2D eigenvalue weighted by atomic mass is 10.3. The van der Waals surface area contributed by atoms with E-state index in [0.717, 1.165) is 0 Å². The van der Waals surface area contributed by atoms with Gasteiger partial charge in [-0.05, 0) is 12.1 Å². The van der Waals surface area contributed by atoms with Gasteiger partial charge >= 0.3 is 0 Å². The molecule has 0 fully saturated rings. The molecule has 1 rings (SSSR count).